The highest BCUT2D eigenvalue weighted by Gasteiger charge is 2.16. The van der Waals surface area contributed by atoms with Crippen molar-refractivity contribution in [2.24, 2.45) is 10.4 Å². The Morgan fingerprint density at radius 1 is 1.40 bits per heavy atom. The molecule has 0 aromatic heterocycles. The third-order valence-electron chi connectivity index (χ3n) is 2.64. The summed E-state index contributed by atoms with van der Waals surface area (Å²) in [5.41, 5.74) is 2.86. The smallest absolute Gasteiger partial charge is 0.0570 e. The van der Waals surface area contributed by atoms with Gasteiger partial charge in [0.2, 0.25) is 0 Å². The summed E-state index contributed by atoms with van der Waals surface area (Å²) in [4.78, 5) is 4.60. The van der Waals surface area contributed by atoms with Crippen molar-refractivity contribution in [2.75, 3.05) is 6.54 Å². The van der Waals surface area contributed by atoms with Gasteiger partial charge in [-0.1, -0.05) is 38.8 Å². The maximum Gasteiger partial charge on any atom is 0.0570 e. The van der Waals surface area contributed by atoms with Gasteiger partial charge in [-0.15, -0.1) is 0 Å². The van der Waals surface area contributed by atoms with Crippen LogP contribution in [0.3, 0.4) is 0 Å². The van der Waals surface area contributed by atoms with Crippen LogP contribution in [0, 0.1) is 5.41 Å². The van der Waals surface area contributed by atoms with E-state index in [1.165, 1.54) is 18.4 Å². The second-order valence-corrected chi connectivity index (χ2v) is 5.15. The molecule has 1 aliphatic carbocycles. The minimum Gasteiger partial charge on any atom is -0.285 e. The Morgan fingerprint density at radius 3 is 2.80 bits per heavy atom. The van der Waals surface area contributed by atoms with Gasteiger partial charge >= 0.3 is 0 Å². The van der Waals surface area contributed by atoms with Crippen molar-refractivity contribution < 1.29 is 0 Å². The third kappa shape index (κ3) is 4.46. The zero-order chi connectivity index (χ0) is 11.3. The van der Waals surface area contributed by atoms with Crippen molar-refractivity contribution in [2.45, 2.75) is 47.0 Å². The lowest BCUT2D eigenvalue weighted by Gasteiger charge is -2.18. The molecule has 0 fully saturated rings. The molecule has 0 spiro atoms. The van der Waals surface area contributed by atoms with E-state index < -0.39 is 0 Å². The first kappa shape index (κ1) is 12.2. The average molecular weight is 205 g/mol. The molecule has 0 bridgehead atoms. The Balaban J connectivity index is 2.74. The zero-order valence-electron chi connectivity index (χ0n) is 10.5. The standard InChI is InChI=1S/C14H23N/c1-5-6-9-15-13-7-8-14(3,4)11-12(2)10-13/h7-8,10H,5-6,9,11H2,1-4H3. The number of nitrogens with zero attached hydrogens (tertiary/aromatic N) is 1. The summed E-state index contributed by atoms with van der Waals surface area (Å²) in [6.45, 7) is 9.91. The fourth-order valence-corrected chi connectivity index (χ4v) is 1.90. The predicted molar refractivity (Wildman–Crippen MR) is 68.5 cm³/mol. The molecule has 0 saturated carbocycles. The summed E-state index contributed by atoms with van der Waals surface area (Å²) in [5.74, 6) is 0. The van der Waals surface area contributed by atoms with Gasteiger partial charge in [-0.2, -0.15) is 0 Å². The van der Waals surface area contributed by atoms with Gasteiger partial charge in [0.05, 0.1) is 5.71 Å². The van der Waals surface area contributed by atoms with E-state index >= 15 is 0 Å². The molecule has 1 heteroatoms. The summed E-state index contributed by atoms with van der Waals surface area (Å²) >= 11 is 0. The van der Waals surface area contributed by atoms with E-state index in [2.05, 4.69) is 50.9 Å². The van der Waals surface area contributed by atoms with Crippen LogP contribution in [-0.4, -0.2) is 12.3 Å². The Morgan fingerprint density at radius 2 is 2.13 bits per heavy atom. The monoisotopic (exact) mass is 205 g/mol. The van der Waals surface area contributed by atoms with E-state index in [4.69, 9.17) is 0 Å². The molecule has 0 atom stereocenters. The van der Waals surface area contributed by atoms with Crippen LogP contribution in [0.15, 0.2) is 28.8 Å². The Labute approximate surface area is 94.0 Å². The first-order valence-electron chi connectivity index (χ1n) is 5.94. The lowest BCUT2D eigenvalue weighted by Crippen LogP contribution is -2.06. The minimum atomic E-state index is 0.280. The van der Waals surface area contributed by atoms with Crippen LogP contribution in [-0.2, 0) is 0 Å². The average Bonchev–Trinajstić information content (AvgIpc) is 2.25. The van der Waals surface area contributed by atoms with Crippen molar-refractivity contribution in [1.29, 1.82) is 0 Å². The van der Waals surface area contributed by atoms with Gasteiger partial charge in [0, 0.05) is 6.54 Å². The predicted octanol–water partition coefficient (Wildman–Crippen LogP) is 4.16. The molecule has 0 saturated heterocycles. The van der Waals surface area contributed by atoms with Gasteiger partial charge < -0.3 is 0 Å². The van der Waals surface area contributed by atoms with Crippen LogP contribution in [0.1, 0.15) is 47.0 Å². The van der Waals surface area contributed by atoms with Crippen LogP contribution in [0.25, 0.3) is 0 Å². The van der Waals surface area contributed by atoms with Crippen molar-refractivity contribution in [3.8, 4) is 0 Å². The van der Waals surface area contributed by atoms with Crippen LogP contribution in [0.4, 0.5) is 0 Å². The quantitative estimate of drug-likeness (QED) is 0.613. The molecule has 84 valence electrons. The van der Waals surface area contributed by atoms with Gasteiger partial charge in [-0.25, -0.2) is 0 Å². The molecule has 1 aliphatic rings. The van der Waals surface area contributed by atoms with Gasteiger partial charge in [0.1, 0.15) is 0 Å². The largest absolute Gasteiger partial charge is 0.285 e. The minimum absolute atomic E-state index is 0.280. The molecular formula is C14H23N. The van der Waals surface area contributed by atoms with Gasteiger partial charge in [-0.3, -0.25) is 4.99 Å². The summed E-state index contributed by atoms with van der Waals surface area (Å²) < 4.78 is 0. The maximum absolute atomic E-state index is 4.60. The number of aliphatic imine (C=N–C) groups is 1. The van der Waals surface area contributed by atoms with Gasteiger partial charge in [0.15, 0.2) is 0 Å². The Bertz CT molecular complexity index is 292. The molecular weight excluding hydrogens is 182 g/mol. The van der Waals surface area contributed by atoms with E-state index in [9.17, 15) is 0 Å². The van der Waals surface area contributed by atoms with Gasteiger partial charge in [0.25, 0.3) is 0 Å². The number of rotatable bonds is 3. The number of unbranched alkanes of at least 4 members (excludes halogenated alkanes) is 1. The maximum atomic E-state index is 4.60. The van der Waals surface area contributed by atoms with E-state index in [0.717, 1.165) is 18.7 Å². The van der Waals surface area contributed by atoms with Crippen LogP contribution < -0.4 is 0 Å². The van der Waals surface area contributed by atoms with E-state index in [0.29, 0.717) is 0 Å². The van der Waals surface area contributed by atoms with E-state index in [-0.39, 0.29) is 5.41 Å². The first-order chi connectivity index (χ1) is 7.03. The Hall–Kier alpha value is -0.850. The van der Waals surface area contributed by atoms with Crippen molar-refractivity contribution >= 4 is 5.71 Å². The molecule has 1 nitrogen and oxygen atoms in total. The molecule has 0 N–H and O–H groups in total. The molecule has 1 rings (SSSR count). The summed E-state index contributed by atoms with van der Waals surface area (Å²) in [5, 5.41) is 0. The van der Waals surface area contributed by atoms with Crippen molar-refractivity contribution in [1.82, 2.24) is 0 Å². The molecule has 0 heterocycles. The topological polar surface area (TPSA) is 12.4 Å². The fourth-order valence-electron chi connectivity index (χ4n) is 1.90. The molecule has 0 aliphatic heterocycles. The normalized spacial score (nSPS) is 22.7. The SMILES string of the molecule is CCCCN=C1C=CC(C)(C)CC(C)=C1. The van der Waals surface area contributed by atoms with Crippen molar-refractivity contribution in [3.05, 3.63) is 23.8 Å². The molecule has 0 radical (unpaired) electrons. The number of hydrogen-bond acceptors (Lipinski definition) is 1. The third-order valence-corrected chi connectivity index (χ3v) is 2.64. The highest BCUT2D eigenvalue weighted by molar-refractivity contribution is 6.04. The van der Waals surface area contributed by atoms with Crippen molar-refractivity contribution in [3.63, 3.8) is 0 Å². The highest BCUT2D eigenvalue weighted by Crippen LogP contribution is 2.28. The number of allylic oxidation sites excluding steroid dienone is 4. The van der Waals surface area contributed by atoms with Crippen LogP contribution in [0.2, 0.25) is 0 Å². The molecule has 0 aromatic rings. The summed E-state index contributed by atoms with van der Waals surface area (Å²) in [7, 11) is 0. The Kier molecular flexibility index (Phi) is 4.31. The molecule has 0 aromatic carbocycles. The zero-order valence-corrected chi connectivity index (χ0v) is 10.5. The molecule has 0 amide bonds. The molecule has 0 unspecified atom stereocenters. The lowest BCUT2D eigenvalue weighted by molar-refractivity contribution is 0.477. The summed E-state index contributed by atoms with van der Waals surface area (Å²) in [6.07, 6.45) is 10.2. The van der Waals surface area contributed by atoms with Gasteiger partial charge in [-0.05, 0) is 37.3 Å². The second-order valence-electron chi connectivity index (χ2n) is 5.15. The fraction of sp³-hybridized carbons (Fsp3) is 0.643. The second kappa shape index (κ2) is 5.29. The van der Waals surface area contributed by atoms with E-state index in [1.54, 1.807) is 0 Å². The molecule has 15 heavy (non-hydrogen) atoms. The van der Waals surface area contributed by atoms with E-state index in [1.807, 2.05) is 0 Å². The van der Waals surface area contributed by atoms with Crippen LogP contribution in [0.5, 0.6) is 0 Å². The van der Waals surface area contributed by atoms with Crippen LogP contribution >= 0.6 is 0 Å². The lowest BCUT2D eigenvalue weighted by atomic mass is 9.87. The first-order valence-corrected chi connectivity index (χ1v) is 5.94. The number of hydrogen-bond donors (Lipinski definition) is 0. The summed E-state index contributed by atoms with van der Waals surface area (Å²) in [6, 6.07) is 0. The highest BCUT2D eigenvalue weighted by atomic mass is 14.7.